The molecule has 0 saturated heterocycles. The van der Waals surface area contributed by atoms with Crippen molar-refractivity contribution in [2.75, 3.05) is 5.32 Å². The number of nitrogens with one attached hydrogen (secondary N) is 1. The highest BCUT2D eigenvalue weighted by atomic mass is 79.9. The van der Waals surface area contributed by atoms with Crippen LogP contribution in [-0.2, 0) is 0 Å². The fourth-order valence-electron chi connectivity index (χ4n) is 2.59. The molecule has 0 amide bonds. The van der Waals surface area contributed by atoms with Crippen molar-refractivity contribution in [2.24, 2.45) is 5.41 Å². The zero-order valence-electron chi connectivity index (χ0n) is 11.4. The predicted molar refractivity (Wildman–Crippen MR) is 75.9 cm³/mol. The maximum atomic E-state index is 12.2. The van der Waals surface area contributed by atoms with Crippen molar-refractivity contribution in [1.82, 2.24) is 0 Å². The van der Waals surface area contributed by atoms with Gasteiger partial charge in [0.25, 0.3) is 0 Å². The van der Waals surface area contributed by atoms with Crippen molar-refractivity contribution in [3.8, 4) is 5.75 Å². The highest BCUT2D eigenvalue weighted by molar-refractivity contribution is 9.10. The van der Waals surface area contributed by atoms with Crippen molar-refractivity contribution < 1.29 is 17.9 Å². The van der Waals surface area contributed by atoms with Gasteiger partial charge in [0.05, 0.1) is 4.47 Å². The molecule has 0 heterocycles. The van der Waals surface area contributed by atoms with Crippen LogP contribution in [0.2, 0.25) is 0 Å². The first-order chi connectivity index (χ1) is 9.17. The van der Waals surface area contributed by atoms with E-state index in [1.807, 2.05) is 0 Å². The molecule has 1 aromatic rings. The van der Waals surface area contributed by atoms with Crippen LogP contribution in [0, 0.1) is 5.41 Å². The third kappa shape index (κ3) is 3.81. The van der Waals surface area contributed by atoms with Crippen LogP contribution in [0.4, 0.5) is 18.9 Å². The second kappa shape index (κ2) is 5.47. The van der Waals surface area contributed by atoms with E-state index in [0.29, 0.717) is 6.04 Å². The number of ether oxygens (including phenoxy) is 1. The number of benzene rings is 1. The van der Waals surface area contributed by atoms with Crippen molar-refractivity contribution in [3.05, 3.63) is 22.7 Å². The summed E-state index contributed by atoms with van der Waals surface area (Å²) in [4.78, 5) is 0. The molecule has 2 rings (SSSR count). The van der Waals surface area contributed by atoms with Gasteiger partial charge >= 0.3 is 6.36 Å². The van der Waals surface area contributed by atoms with Gasteiger partial charge in [0.2, 0.25) is 0 Å². The predicted octanol–water partition coefficient (Wildman–Crippen LogP) is 5.34. The average molecular weight is 352 g/mol. The first kappa shape index (κ1) is 15.5. The van der Waals surface area contributed by atoms with Crippen molar-refractivity contribution in [2.45, 2.75) is 45.5 Å². The molecule has 1 aliphatic rings. The molecule has 0 spiro atoms. The molecule has 1 atom stereocenters. The summed E-state index contributed by atoms with van der Waals surface area (Å²) in [6.45, 7) is 4.40. The molecule has 1 unspecified atom stereocenters. The minimum atomic E-state index is -4.68. The third-order valence-electron chi connectivity index (χ3n) is 3.76. The minimum absolute atomic E-state index is 0.202. The highest BCUT2D eigenvalue weighted by Crippen LogP contribution is 2.40. The van der Waals surface area contributed by atoms with E-state index < -0.39 is 6.36 Å². The summed E-state index contributed by atoms with van der Waals surface area (Å²) in [6, 6.07) is 4.89. The number of hydrogen-bond acceptors (Lipinski definition) is 2. The molecular formula is C14H17BrF3NO. The topological polar surface area (TPSA) is 21.3 Å². The van der Waals surface area contributed by atoms with Crippen molar-refractivity contribution >= 4 is 21.6 Å². The first-order valence-electron chi connectivity index (χ1n) is 6.49. The van der Waals surface area contributed by atoms with E-state index in [1.165, 1.54) is 12.5 Å². The Hall–Kier alpha value is -0.910. The summed E-state index contributed by atoms with van der Waals surface area (Å²) in [5.74, 6) is -0.228. The second-order valence-electron chi connectivity index (χ2n) is 5.77. The Morgan fingerprint density at radius 1 is 1.35 bits per heavy atom. The summed E-state index contributed by atoms with van der Waals surface area (Å²) in [7, 11) is 0. The number of alkyl halides is 3. The molecule has 1 aromatic carbocycles. The van der Waals surface area contributed by atoms with Gasteiger partial charge in [0.1, 0.15) is 5.75 Å². The number of anilines is 1. The molecule has 1 fully saturated rings. The molecule has 1 aliphatic carbocycles. The van der Waals surface area contributed by atoms with Crippen LogP contribution in [0.15, 0.2) is 22.7 Å². The van der Waals surface area contributed by atoms with Gasteiger partial charge in [-0.05, 0) is 52.4 Å². The zero-order chi connectivity index (χ0) is 15.0. The Labute approximate surface area is 124 Å². The van der Waals surface area contributed by atoms with E-state index in [2.05, 4.69) is 39.8 Å². The maximum Gasteiger partial charge on any atom is 0.573 e. The lowest BCUT2D eigenvalue weighted by atomic mass is 9.87. The van der Waals surface area contributed by atoms with E-state index >= 15 is 0 Å². The number of hydrogen-bond donors (Lipinski definition) is 1. The summed E-state index contributed by atoms with van der Waals surface area (Å²) in [5.41, 5.74) is 1.000. The molecule has 0 aromatic heterocycles. The molecule has 0 aliphatic heterocycles. The molecule has 20 heavy (non-hydrogen) atoms. The summed E-state index contributed by atoms with van der Waals surface area (Å²) < 4.78 is 40.8. The zero-order valence-corrected chi connectivity index (χ0v) is 12.9. The van der Waals surface area contributed by atoms with Crippen LogP contribution in [0.25, 0.3) is 0 Å². The van der Waals surface area contributed by atoms with Crippen LogP contribution in [0.3, 0.4) is 0 Å². The molecule has 1 saturated carbocycles. The standard InChI is InChI=1S/C14H17BrF3NO/c1-13(2)7-3-4-12(13)19-9-5-6-11(10(15)8-9)20-14(16,17)18/h5-6,8,12,19H,3-4,7H2,1-2H3. The van der Waals surface area contributed by atoms with Gasteiger partial charge in [-0.3, -0.25) is 0 Å². The Kier molecular flexibility index (Phi) is 4.23. The van der Waals surface area contributed by atoms with Crippen molar-refractivity contribution in [3.63, 3.8) is 0 Å². The average Bonchev–Trinajstić information content (AvgIpc) is 2.61. The van der Waals surface area contributed by atoms with Gasteiger partial charge in [0, 0.05) is 11.7 Å². The van der Waals surface area contributed by atoms with E-state index in [9.17, 15) is 13.2 Å². The SMILES string of the molecule is CC1(C)CCCC1Nc1ccc(OC(F)(F)F)c(Br)c1. The molecule has 1 N–H and O–H groups in total. The lowest BCUT2D eigenvalue weighted by molar-refractivity contribution is -0.274. The quantitative estimate of drug-likeness (QED) is 0.793. The Bertz CT molecular complexity index is 488. The van der Waals surface area contributed by atoms with Gasteiger partial charge in [-0.15, -0.1) is 13.2 Å². The van der Waals surface area contributed by atoms with Crippen LogP contribution >= 0.6 is 15.9 Å². The fourth-order valence-corrected chi connectivity index (χ4v) is 3.05. The number of rotatable bonds is 3. The van der Waals surface area contributed by atoms with Gasteiger partial charge in [-0.1, -0.05) is 20.3 Å². The largest absolute Gasteiger partial charge is 0.573 e. The molecular weight excluding hydrogens is 335 g/mol. The Balaban J connectivity index is 2.09. The molecule has 112 valence electrons. The Morgan fingerprint density at radius 3 is 2.55 bits per heavy atom. The molecule has 6 heteroatoms. The monoisotopic (exact) mass is 351 g/mol. The molecule has 2 nitrogen and oxygen atoms in total. The van der Waals surface area contributed by atoms with Gasteiger partial charge in [-0.2, -0.15) is 0 Å². The van der Waals surface area contributed by atoms with Crippen LogP contribution in [-0.4, -0.2) is 12.4 Å². The van der Waals surface area contributed by atoms with Crippen LogP contribution < -0.4 is 10.1 Å². The van der Waals surface area contributed by atoms with Crippen LogP contribution in [0.1, 0.15) is 33.1 Å². The van der Waals surface area contributed by atoms with Gasteiger partial charge in [0.15, 0.2) is 0 Å². The second-order valence-corrected chi connectivity index (χ2v) is 6.63. The third-order valence-corrected chi connectivity index (χ3v) is 4.38. The Morgan fingerprint density at radius 2 is 2.05 bits per heavy atom. The number of halogens is 4. The smallest absolute Gasteiger partial charge is 0.405 e. The summed E-state index contributed by atoms with van der Waals surface area (Å²) in [5, 5.41) is 3.40. The van der Waals surface area contributed by atoms with Gasteiger partial charge < -0.3 is 10.1 Å². The lowest BCUT2D eigenvalue weighted by Crippen LogP contribution is -2.30. The molecule has 0 radical (unpaired) electrons. The molecule has 0 bridgehead atoms. The van der Waals surface area contributed by atoms with E-state index in [-0.39, 0.29) is 15.6 Å². The van der Waals surface area contributed by atoms with E-state index in [4.69, 9.17) is 0 Å². The lowest BCUT2D eigenvalue weighted by Gasteiger charge is -2.29. The summed E-state index contributed by atoms with van der Waals surface area (Å²) >= 11 is 3.11. The van der Waals surface area contributed by atoms with Crippen molar-refractivity contribution in [1.29, 1.82) is 0 Å². The normalized spacial score (nSPS) is 21.8. The van der Waals surface area contributed by atoms with E-state index in [0.717, 1.165) is 18.5 Å². The highest BCUT2D eigenvalue weighted by Gasteiger charge is 2.35. The van der Waals surface area contributed by atoms with Crippen LogP contribution in [0.5, 0.6) is 5.75 Å². The maximum absolute atomic E-state index is 12.2. The van der Waals surface area contributed by atoms with E-state index in [1.54, 1.807) is 12.1 Å². The summed E-state index contributed by atoms with van der Waals surface area (Å²) in [6.07, 6.45) is -1.28. The fraction of sp³-hybridized carbons (Fsp3) is 0.571. The minimum Gasteiger partial charge on any atom is -0.405 e. The first-order valence-corrected chi connectivity index (χ1v) is 7.28. The van der Waals surface area contributed by atoms with Gasteiger partial charge in [-0.25, -0.2) is 0 Å².